The number of hydrogen-bond donors (Lipinski definition) is 2. The van der Waals surface area contributed by atoms with E-state index in [9.17, 15) is 4.79 Å². The van der Waals surface area contributed by atoms with Crippen molar-refractivity contribution in [2.24, 2.45) is 0 Å². The van der Waals surface area contributed by atoms with E-state index < -0.39 is 0 Å². The number of hydrogen-bond acceptors (Lipinski definition) is 3. The predicted octanol–water partition coefficient (Wildman–Crippen LogP) is 3.85. The maximum Gasteiger partial charge on any atom is 0.224 e. The minimum atomic E-state index is 0.0346. The van der Waals surface area contributed by atoms with Crippen LogP contribution in [0.25, 0.3) is 10.9 Å². The Labute approximate surface area is 164 Å². The lowest BCUT2D eigenvalue weighted by atomic mass is 9.91. The van der Waals surface area contributed by atoms with Crippen molar-refractivity contribution in [1.82, 2.24) is 10.3 Å². The van der Waals surface area contributed by atoms with E-state index in [1.54, 1.807) is 7.11 Å². The molecule has 0 fully saturated rings. The number of carbonyl (C=O) groups is 1. The van der Waals surface area contributed by atoms with Crippen LogP contribution in [0.1, 0.15) is 41.3 Å². The fourth-order valence-electron chi connectivity index (χ4n) is 4.49. The van der Waals surface area contributed by atoms with E-state index in [-0.39, 0.29) is 11.9 Å². The average molecular weight is 376 g/mol. The number of aromatic nitrogens is 1. The fraction of sp³-hybridized carbons (Fsp3) is 0.348. The van der Waals surface area contributed by atoms with Gasteiger partial charge in [0, 0.05) is 23.0 Å². The third kappa shape index (κ3) is 3.01. The SMILES string of the molecule is COc1ccc2[nH]c3c(c2c1)CCC[C@@H]3NC(=O)Cc1ccc2c(c1)CCO2. The monoisotopic (exact) mass is 376 g/mol. The second-order valence-electron chi connectivity index (χ2n) is 7.66. The molecular formula is C23H24N2O3. The van der Waals surface area contributed by atoms with Crippen LogP contribution in [0.2, 0.25) is 0 Å². The summed E-state index contributed by atoms with van der Waals surface area (Å²) in [6, 6.07) is 12.2. The highest BCUT2D eigenvalue weighted by atomic mass is 16.5. The van der Waals surface area contributed by atoms with Gasteiger partial charge in [-0.15, -0.1) is 0 Å². The number of fused-ring (bicyclic) bond motifs is 4. The second-order valence-corrected chi connectivity index (χ2v) is 7.66. The summed E-state index contributed by atoms with van der Waals surface area (Å²) < 4.78 is 10.9. The summed E-state index contributed by atoms with van der Waals surface area (Å²) in [4.78, 5) is 16.3. The number of aryl methyl sites for hydroxylation is 1. The summed E-state index contributed by atoms with van der Waals surface area (Å²) in [7, 11) is 1.69. The molecule has 0 bridgehead atoms. The van der Waals surface area contributed by atoms with Gasteiger partial charge in [0.05, 0.1) is 26.2 Å². The van der Waals surface area contributed by atoms with Gasteiger partial charge in [-0.3, -0.25) is 4.79 Å². The number of H-pyrrole nitrogens is 1. The molecule has 1 amide bonds. The summed E-state index contributed by atoms with van der Waals surface area (Å²) in [6.07, 6.45) is 4.38. The Balaban J connectivity index is 1.35. The molecule has 2 N–H and O–H groups in total. The van der Waals surface area contributed by atoms with Crippen molar-refractivity contribution in [1.29, 1.82) is 0 Å². The second kappa shape index (κ2) is 6.89. The molecule has 1 atom stereocenters. The lowest BCUT2D eigenvalue weighted by molar-refractivity contribution is -0.121. The number of rotatable bonds is 4. The molecule has 5 rings (SSSR count). The Morgan fingerprint density at radius 2 is 2.18 bits per heavy atom. The number of amides is 1. The Morgan fingerprint density at radius 3 is 3.07 bits per heavy atom. The predicted molar refractivity (Wildman–Crippen MR) is 108 cm³/mol. The molecule has 2 heterocycles. The molecule has 1 aromatic heterocycles. The maximum atomic E-state index is 12.7. The summed E-state index contributed by atoms with van der Waals surface area (Å²) in [6.45, 7) is 0.737. The van der Waals surface area contributed by atoms with Gasteiger partial charge >= 0.3 is 0 Å². The molecule has 5 heteroatoms. The van der Waals surface area contributed by atoms with Crippen molar-refractivity contribution in [2.45, 2.75) is 38.1 Å². The highest BCUT2D eigenvalue weighted by Crippen LogP contribution is 2.36. The zero-order valence-electron chi connectivity index (χ0n) is 16.0. The van der Waals surface area contributed by atoms with Crippen molar-refractivity contribution >= 4 is 16.8 Å². The van der Waals surface area contributed by atoms with Gasteiger partial charge in [-0.05, 0) is 60.2 Å². The smallest absolute Gasteiger partial charge is 0.224 e. The van der Waals surface area contributed by atoms with Gasteiger partial charge in [0.2, 0.25) is 5.91 Å². The highest BCUT2D eigenvalue weighted by molar-refractivity contribution is 5.87. The standard InChI is InChI=1S/C23H24N2O3/c1-27-16-6-7-19-18(13-16)17-3-2-4-20(23(17)25-19)24-22(26)12-14-5-8-21-15(11-14)9-10-28-21/h5-8,11,13,20,25H,2-4,9-10,12H2,1H3,(H,24,26)/t20-/m0/s1. The van der Waals surface area contributed by atoms with Crippen molar-refractivity contribution in [2.75, 3.05) is 13.7 Å². The van der Waals surface area contributed by atoms with E-state index in [1.807, 2.05) is 18.2 Å². The molecule has 28 heavy (non-hydrogen) atoms. The number of ether oxygens (including phenoxy) is 2. The lowest BCUT2D eigenvalue weighted by Crippen LogP contribution is -2.32. The van der Waals surface area contributed by atoms with Gasteiger partial charge in [-0.25, -0.2) is 0 Å². The van der Waals surface area contributed by atoms with E-state index in [4.69, 9.17) is 9.47 Å². The number of carbonyl (C=O) groups excluding carboxylic acids is 1. The van der Waals surface area contributed by atoms with Crippen LogP contribution < -0.4 is 14.8 Å². The summed E-state index contributed by atoms with van der Waals surface area (Å²) in [5.41, 5.74) is 5.80. The average Bonchev–Trinajstić information content (AvgIpc) is 3.32. The normalized spacial score (nSPS) is 17.7. The van der Waals surface area contributed by atoms with Gasteiger partial charge in [-0.1, -0.05) is 12.1 Å². The lowest BCUT2D eigenvalue weighted by Gasteiger charge is -2.24. The summed E-state index contributed by atoms with van der Waals surface area (Å²) in [5, 5.41) is 4.45. The number of nitrogens with one attached hydrogen (secondary N) is 2. The van der Waals surface area contributed by atoms with E-state index in [0.717, 1.165) is 60.6 Å². The van der Waals surface area contributed by atoms with Crippen molar-refractivity contribution in [3.05, 3.63) is 58.8 Å². The molecule has 5 nitrogen and oxygen atoms in total. The molecule has 144 valence electrons. The maximum absolute atomic E-state index is 12.7. The highest BCUT2D eigenvalue weighted by Gasteiger charge is 2.26. The van der Waals surface area contributed by atoms with E-state index in [0.29, 0.717) is 6.42 Å². The molecule has 2 aromatic carbocycles. The van der Waals surface area contributed by atoms with Crippen LogP contribution in [0, 0.1) is 0 Å². The van der Waals surface area contributed by atoms with Crippen molar-refractivity contribution in [3.8, 4) is 11.5 Å². The molecule has 3 aromatic rings. The van der Waals surface area contributed by atoms with E-state index in [2.05, 4.69) is 28.5 Å². The third-order valence-electron chi connectivity index (χ3n) is 5.87. The Hall–Kier alpha value is -2.95. The largest absolute Gasteiger partial charge is 0.497 e. The van der Waals surface area contributed by atoms with Crippen LogP contribution in [-0.4, -0.2) is 24.6 Å². The molecule has 0 saturated heterocycles. The third-order valence-corrected chi connectivity index (χ3v) is 5.87. The first kappa shape index (κ1) is 17.2. The van der Waals surface area contributed by atoms with Gasteiger partial charge in [-0.2, -0.15) is 0 Å². The van der Waals surface area contributed by atoms with Gasteiger partial charge < -0.3 is 19.8 Å². The topological polar surface area (TPSA) is 63.3 Å². The van der Waals surface area contributed by atoms with E-state index >= 15 is 0 Å². The Morgan fingerprint density at radius 1 is 1.25 bits per heavy atom. The molecule has 1 aliphatic heterocycles. The first-order chi connectivity index (χ1) is 13.7. The molecular weight excluding hydrogens is 352 g/mol. The first-order valence-electron chi connectivity index (χ1n) is 9.94. The molecule has 2 aliphatic rings. The van der Waals surface area contributed by atoms with Crippen LogP contribution in [0.5, 0.6) is 11.5 Å². The zero-order valence-corrected chi connectivity index (χ0v) is 16.0. The summed E-state index contributed by atoms with van der Waals surface area (Å²) in [5.74, 6) is 1.88. The van der Waals surface area contributed by atoms with Crippen molar-refractivity contribution in [3.63, 3.8) is 0 Å². The zero-order chi connectivity index (χ0) is 19.1. The number of benzene rings is 2. The summed E-state index contributed by atoms with van der Waals surface area (Å²) >= 11 is 0. The molecule has 0 unspecified atom stereocenters. The van der Waals surface area contributed by atoms with Gasteiger partial charge in [0.15, 0.2) is 0 Å². The quantitative estimate of drug-likeness (QED) is 0.727. The van der Waals surface area contributed by atoms with Crippen molar-refractivity contribution < 1.29 is 14.3 Å². The molecule has 1 aliphatic carbocycles. The minimum absolute atomic E-state index is 0.0346. The number of methoxy groups -OCH3 is 1. The van der Waals surface area contributed by atoms with Gasteiger partial charge in [0.1, 0.15) is 11.5 Å². The molecule has 0 spiro atoms. The minimum Gasteiger partial charge on any atom is -0.497 e. The van der Waals surface area contributed by atoms with Crippen LogP contribution in [0.15, 0.2) is 36.4 Å². The van der Waals surface area contributed by atoms with Crippen LogP contribution in [0.4, 0.5) is 0 Å². The Kier molecular flexibility index (Phi) is 4.23. The Bertz CT molecular complexity index is 1050. The van der Waals surface area contributed by atoms with Gasteiger partial charge in [0.25, 0.3) is 0 Å². The van der Waals surface area contributed by atoms with Crippen LogP contribution >= 0.6 is 0 Å². The van der Waals surface area contributed by atoms with Crippen LogP contribution in [-0.2, 0) is 24.1 Å². The molecule has 0 radical (unpaired) electrons. The number of aromatic amines is 1. The fourth-order valence-corrected chi connectivity index (χ4v) is 4.49. The molecule has 0 saturated carbocycles. The van der Waals surface area contributed by atoms with E-state index in [1.165, 1.54) is 16.5 Å². The van der Waals surface area contributed by atoms with Crippen LogP contribution in [0.3, 0.4) is 0 Å². The first-order valence-corrected chi connectivity index (χ1v) is 9.94.